The van der Waals surface area contributed by atoms with Gasteiger partial charge in [-0.25, -0.2) is 0 Å². The lowest BCUT2D eigenvalue weighted by Gasteiger charge is -2.15. The number of likely N-dealkylation sites (tertiary alicyclic amines) is 1. The van der Waals surface area contributed by atoms with E-state index in [1.165, 1.54) is 11.8 Å². The molecular formula is C18H16Cl2N4O2S. The molecule has 140 valence electrons. The number of halogens is 2. The Labute approximate surface area is 170 Å². The van der Waals surface area contributed by atoms with Gasteiger partial charge in [0, 0.05) is 13.1 Å². The molecule has 1 aliphatic heterocycles. The van der Waals surface area contributed by atoms with Gasteiger partial charge in [0.1, 0.15) is 0 Å². The summed E-state index contributed by atoms with van der Waals surface area (Å²) in [5, 5.41) is 10.0. The SMILES string of the molecule is O=C(CSc1nnc(-c2ccco2)n1-c1ccc(Cl)c(Cl)c1)N1CCCC1. The molecule has 3 aromatic rings. The number of furan rings is 1. The van der Waals surface area contributed by atoms with Gasteiger partial charge in [-0.1, -0.05) is 35.0 Å². The van der Waals surface area contributed by atoms with Crippen LogP contribution in [-0.2, 0) is 4.79 Å². The smallest absolute Gasteiger partial charge is 0.233 e. The number of hydrogen-bond donors (Lipinski definition) is 0. The second kappa shape index (κ2) is 7.96. The molecule has 27 heavy (non-hydrogen) atoms. The van der Waals surface area contributed by atoms with Crippen LogP contribution in [-0.4, -0.2) is 44.4 Å². The molecule has 1 saturated heterocycles. The summed E-state index contributed by atoms with van der Waals surface area (Å²) in [5.74, 6) is 1.53. The summed E-state index contributed by atoms with van der Waals surface area (Å²) >= 11 is 13.6. The van der Waals surface area contributed by atoms with E-state index in [9.17, 15) is 4.79 Å². The van der Waals surface area contributed by atoms with Crippen molar-refractivity contribution in [1.82, 2.24) is 19.7 Å². The van der Waals surface area contributed by atoms with E-state index in [1.54, 1.807) is 24.5 Å². The summed E-state index contributed by atoms with van der Waals surface area (Å²) in [4.78, 5) is 14.3. The maximum Gasteiger partial charge on any atom is 0.233 e. The van der Waals surface area contributed by atoms with Crippen molar-refractivity contribution in [3.05, 3.63) is 46.6 Å². The predicted octanol–water partition coefficient (Wildman–Crippen LogP) is 4.55. The lowest BCUT2D eigenvalue weighted by atomic mass is 10.3. The van der Waals surface area contributed by atoms with Gasteiger partial charge in [0.15, 0.2) is 10.9 Å². The molecule has 1 aliphatic rings. The van der Waals surface area contributed by atoms with E-state index >= 15 is 0 Å². The molecule has 0 unspecified atom stereocenters. The number of amides is 1. The Morgan fingerprint density at radius 1 is 1.15 bits per heavy atom. The monoisotopic (exact) mass is 422 g/mol. The highest BCUT2D eigenvalue weighted by Crippen LogP contribution is 2.31. The van der Waals surface area contributed by atoms with Crippen molar-refractivity contribution < 1.29 is 9.21 Å². The number of thioether (sulfide) groups is 1. The fourth-order valence-electron chi connectivity index (χ4n) is 2.97. The van der Waals surface area contributed by atoms with E-state index in [-0.39, 0.29) is 5.91 Å². The standard InChI is InChI=1S/C18H16Cl2N4O2S/c19-13-6-5-12(10-14(13)20)24-17(15-4-3-9-26-15)21-22-18(24)27-11-16(25)23-7-1-2-8-23/h3-6,9-10H,1-2,7-8,11H2. The van der Waals surface area contributed by atoms with Crippen molar-refractivity contribution in [1.29, 1.82) is 0 Å². The topological polar surface area (TPSA) is 64.2 Å². The highest BCUT2D eigenvalue weighted by molar-refractivity contribution is 7.99. The number of nitrogens with zero attached hydrogens (tertiary/aromatic N) is 4. The zero-order valence-corrected chi connectivity index (χ0v) is 16.6. The second-order valence-electron chi connectivity index (χ2n) is 6.09. The Hall–Kier alpha value is -1.96. The van der Waals surface area contributed by atoms with Crippen LogP contribution in [0, 0.1) is 0 Å². The lowest BCUT2D eigenvalue weighted by Crippen LogP contribution is -2.29. The molecule has 0 saturated carbocycles. The third-order valence-electron chi connectivity index (χ3n) is 4.32. The Morgan fingerprint density at radius 2 is 1.96 bits per heavy atom. The largest absolute Gasteiger partial charge is 0.461 e. The quantitative estimate of drug-likeness (QED) is 0.564. The lowest BCUT2D eigenvalue weighted by molar-refractivity contribution is -0.127. The molecule has 9 heteroatoms. The van der Waals surface area contributed by atoms with Crippen molar-refractivity contribution in [3.8, 4) is 17.3 Å². The highest BCUT2D eigenvalue weighted by Gasteiger charge is 2.22. The average molecular weight is 423 g/mol. The molecule has 2 aromatic heterocycles. The van der Waals surface area contributed by atoms with Gasteiger partial charge >= 0.3 is 0 Å². The van der Waals surface area contributed by atoms with Crippen LogP contribution in [0.25, 0.3) is 17.3 Å². The van der Waals surface area contributed by atoms with E-state index in [0.29, 0.717) is 32.5 Å². The molecule has 0 radical (unpaired) electrons. The summed E-state index contributed by atoms with van der Waals surface area (Å²) in [5.41, 5.74) is 0.747. The molecule has 0 aliphatic carbocycles. The molecule has 0 N–H and O–H groups in total. The summed E-state index contributed by atoms with van der Waals surface area (Å²) in [6.07, 6.45) is 3.71. The Morgan fingerprint density at radius 3 is 2.67 bits per heavy atom. The van der Waals surface area contributed by atoms with Crippen LogP contribution in [0.2, 0.25) is 10.0 Å². The van der Waals surface area contributed by atoms with E-state index in [0.717, 1.165) is 31.6 Å². The number of benzene rings is 1. The van der Waals surface area contributed by atoms with E-state index in [2.05, 4.69) is 10.2 Å². The molecule has 3 heterocycles. The summed E-state index contributed by atoms with van der Waals surface area (Å²) in [6.45, 7) is 1.66. The van der Waals surface area contributed by atoms with Gasteiger partial charge < -0.3 is 9.32 Å². The van der Waals surface area contributed by atoms with Crippen LogP contribution in [0.15, 0.2) is 46.2 Å². The van der Waals surface area contributed by atoms with Gasteiger partial charge in [0.05, 0.1) is 27.7 Å². The molecule has 1 amide bonds. The van der Waals surface area contributed by atoms with Gasteiger partial charge in [-0.05, 0) is 43.2 Å². The summed E-state index contributed by atoms with van der Waals surface area (Å²) in [7, 11) is 0. The minimum absolute atomic E-state index is 0.112. The van der Waals surface area contributed by atoms with Crippen LogP contribution in [0.5, 0.6) is 0 Å². The second-order valence-corrected chi connectivity index (χ2v) is 7.85. The molecule has 6 nitrogen and oxygen atoms in total. The molecule has 0 bridgehead atoms. The first-order valence-corrected chi connectivity index (χ1v) is 10.2. The van der Waals surface area contributed by atoms with Crippen LogP contribution in [0.4, 0.5) is 0 Å². The first-order chi connectivity index (χ1) is 13.1. The average Bonchev–Trinajstić information content (AvgIpc) is 3.42. The number of rotatable bonds is 5. The van der Waals surface area contributed by atoms with Gasteiger partial charge in [-0.2, -0.15) is 0 Å². The first kappa shape index (κ1) is 18.4. The number of aromatic nitrogens is 3. The molecule has 1 fully saturated rings. The van der Waals surface area contributed by atoms with Crippen LogP contribution < -0.4 is 0 Å². The van der Waals surface area contributed by atoms with Gasteiger partial charge in [-0.3, -0.25) is 9.36 Å². The third-order valence-corrected chi connectivity index (χ3v) is 5.97. The van der Waals surface area contributed by atoms with E-state index < -0.39 is 0 Å². The fraction of sp³-hybridized carbons (Fsp3) is 0.278. The first-order valence-electron chi connectivity index (χ1n) is 8.49. The third kappa shape index (κ3) is 3.85. The highest BCUT2D eigenvalue weighted by atomic mass is 35.5. The van der Waals surface area contributed by atoms with Crippen molar-refractivity contribution in [3.63, 3.8) is 0 Å². The zero-order valence-electron chi connectivity index (χ0n) is 14.3. The van der Waals surface area contributed by atoms with Crippen molar-refractivity contribution >= 4 is 40.9 Å². The number of carbonyl (C=O) groups excluding carboxylic acids is 1. The molecule has 4 rings (SSSR count). The fourth-order valence-corrected chi connectivity index (χ4v) is 4.12. The zero-order chi connectivity index (χ0) is 18.8. The number of hydrogen-bond acceptors (Lipinski definition) is 5. The Balaban J connectivity index is 1.66. The Kier molecular flexibility index (Phi) is 5.43. The van der Waals surface area contributed by atoms with Crippen LogP contribution in [0.3, 0.4) is 0 Å². The maximum absolute atomic E-state index is 12.4. The maximum atomic E-state index is 12.4. The van der Waals surface area contributed by atoms with E-state index in [4.69, 9.17) is 27.6 Å². The summed E-state index contributed by atoms with van der Waals surface area (Å²) in [6, 6.07) is 8.88. The van der Waals surface area contributed by atoms with Crippen LogP contribution in [0.1, 0.15) is 12.8 Å². The number of carbonyl (C=O) groups is 1. The predicted molar refractivity (Wildman–Crippen MR) is 106 cm³/mol. The molecule has 0 spiro atoms. The van der Waals surface area contributed by atoms with Gasteiger partial charge in [-0.15, -0.1) is 10.2 Å². The summed E-state index contributed by atoms with van der Waals surface area (Å²) < 4.78 is 7.31. The molecular weight excluding hydrogens is 407 g/mol. The Bertz CT molecular complexity index is 952. The van der Waals surface area contributed by atoms with Crippen molar-refractivity contribution in [2.24, 2.45) is 0 Å². The molecule has 0 atom stereocenters. The van der Waals surface area contributed by atoms with Gasteiger partial charge in [0.2, 0.25) is 11.7 Å². The van der Waals surface area contributed by atoms with Crippen molar-refractivity contribution in [2.45, 2.75) is 18.0 Å². The molecule has 1 aromatic carbocycles. The van der Waals surface area contributed by atoms with E-state index in [1.807, 2.05) is 21.6 Å². The normalized spacial score (nSPS) is 14.1. The minimum Gasteiger partial charge on any atom is -0.461 e. The minimum atomic E-state index is 0.112. The van der Waals surface area contributed by atoms with Crippen molar-refractivity contribution in [2.75, 3.05) is 18.8 Å². The van der Waals surface area contributed by atoms with Gasteiger partial charge in [0.25, 0.3) is 0 Å². The van der Waals surface area contributed by atoms with Crippen LogP contribution >= 0.6 is 35.0 Å².